The number of imide groups is 1. The van der Waals surface area contributed by atoms with Crippen LogP contribution in [0, 0.1) is 17.8 Å². The van der Waals surface area contributed by atoms with Gasteiger partial charge in [-0.05, 0) is 54.8 Å². The van der Waals surface area contributed by atoms with Crippen LogP contribution in [0.1, 0.15) is 49.2 Å². The number of amides is 2. The number of fused-ring (bicyclic) bond motifs is 1. The van der Waals surface area contributed by atoms with E-state index in [0.29, 0.717) is 17.5 Å². The van der Waals surface area contributed by atoms with Gasteiger partial charge in [-0.25, -0.2) is 4.90 Å². The molecule has 7 nitrogen and oxygen atoms in total. The largest absolute Gasteiger partial charge is 0.480 e. The van der Waals surface area contributed by atoms with E-state index in [1.165, 1.54) is 43.3 Å². The summed E-state index contributed by atoms with van der Waals surface area (Å²) < 4.78 is 0. The van der Waals surface area contributed by atoms with Gasteiger partial charge in [-0.15, -0.1) is 0 Å². The molecule has 5 atom stereocenters. The van der Waals surface area contributed by atoms with Gasteiger partial charge in [-0.3, -0.25) is 24.5 Å². The number of carboxylic acids is 1. The fraction of sp³-hybridized carbons (Fsp3) is 0.360. The van der Waals surface area contributed by atoms with Gasteiger partial charge in [-0.2, -0.15) is 0 Å². The lowest BCUT2D eigenvalue weighted by molar-refractivity contribution is -0.151. The molecule has 35 heavy (non-hydrogen) atoms. The van der Waals surface area contributed by atoms with Crippen molar-refractivity contribution in [2.24, 2.45) is 17.8 Å². The van der Waals surface area contributed by atoms with Crippen LogP contribution in [0.4, 0.5) is 5.69 Å². The summed E-state index contributed by atoms with van der Waals surface area (Å²) >= 11 is 18.9. The van der Waals surface area contributed by atoms with E-state index in [1.807, 2.05) is 6.92 Å². The lowest BCUT2D eigenvalue weighted by Gasteiger charge is -2.36. The summed E-state index contributed by atoms with van der Waals surface area (Å²) in [5.41, 5.74) is -0.701. The highest BCUT2D eigenvalue weighted by Crippen LogP contribution is 2.54. The smallest absolute Gasteiger partial charge is 0.325 e. The number of hydrogen-bond donors (Lipinski definition) is 2. The Balaban J connectivity index is 1.91. The Hall–Kier alpha value is -2.45. The van der Waals surface area contributed by atoms with Crippen molar-refractivity contribution < 1.29 is 24.3 Å². The van der Waals surface area contributed by atoms with Crippen LogP contribution in [-0.4, -0.2) is 34.2 Å². The lowest BCUT2D eigenvalue weighted by atomic mass is 9.72. The third-order valence-electron chi connectivity index (χ3n) is 7.23. The number of nitrogens with one attached hydrogen (secondary N) is 1. The van der Waals surface area contributed by atoms with E-state index in [0.717, 1.165) is 4.90 Å². The van der Waals surface area contributed by atoms with Gasteiger partial charge in [0, 0.05) is 16.6 Å². The number of aliphatic carboxylic acids is 1. The van der Waals surface area contributed by atoms with Gasteiger partial charge >= 0.3 is 5.97 Å². The average molecular weight is 538 g/mol. The molecule has 2 saturated heterocycles. The van der Waals surface area contributed by atoms with Gasteiger partial charge in [0.05, 0.1) is 27.6 Å². The van der Waals surface area contributed by atoms with Crippen molar-refractivity contribution >= 4 is 64.1 Å². The van der Waals surface area contributed by atoms with Gasteiger partial charge in [0.25, 0.3) is 0 Å². The zero-order valence-electron chi connectivity index (χ0n) is 19.1. The molecule has 0 spiro atoms. The van der Waals surface area contributed by atoms with Crippen molar-refractivity contribution in [3.05, 3.63) is 62.6 Å². The van der Waals surface area contributed by atoms with Crippen molar-refractivity contribution in [1.29, 1.82) is 0 Å². The SMILES string of the molecule is CCC(C)C1(C(=O)O)NC(c2cc(Cl)cc(Cl)c2Cl)C2C(=O)N(c3ccc(C(C)=O)cc3)C(=O)C21. The number of rotatable bonds is 6. The van der Waals surface area contributed by atoms with Crippen LogP contribution in [0.2, 0.25) is 15.1 Å². The quantitative estimate of drug-likeness (QED) is 0.299. The summed E-state index contributed by atoms with van der Waals surface area (Å²) in [5, 5.41) is 14.1. The fourth-order valence-corrected chi connectivity index (χ4v) is 6.03. The van der Waals surface area contributed by atoms with Crippen LogP contribution >= 0.6 is 34.8 Å². The van der Waals surface area contributed by atoms with Gasteiger partial charge in [0.15, 0.2) is 5.78 Å². The number of anilines is 1. The van der Waals surface area contributed by atoms with E-state index in [4.69, 9.17) is 34.8 Å². The van der Waals surface area contributed by atoms with Gasteiger partial charge < -0.3 is 5.11 Å². The molecule has 0 radical (unpaired) electrons. The molecule has 4 rings (SSSR count). The minimum atomic E-state index is -1.73. The molecule has 10 heteroatoms. The van der Waals surface area contributed by atoms with Crippen LogP contribution in [0.5, 0.6) is 0 Å². The lowest BCUT2D eigenvalue weighted by Crippen LogP contribution is -2.59. The maximum atomic E-state index is 13.8. The normalized spacial score (nSPS) is 26.7. The molecule has 2 aliphatic rings. The number of carbonyl (C=O) groups is 4. The molecular formula is C25H23Cl3N2O5. The molecule has 184 valence electrons. The topological polar surface area (TPSA) is 104 Å². The second-order valence-corrected chi connectivity index (χ2v) is 10.2. The highest BCUT2D eigenvalue weighted by Gasteiger charge is 2.70. The summed E-state index contributed by atoms with van der Waals surface area (Å²) in [7, 11) is 0. The zero-order chi connectivity index (χ0) is 25.8. The molecule has 0 bridgehead atoms. The first-order valence-electron chi connectivity index (χ1n) is 11.1. The summed E-state index contributed by atoms with van der Waals surface area (Å²) in [6.45, 7) is 4.96. The van der Waals surface area contributed by atoms with E-state index >= 15 is 0 Å². The number of ketones is 1. The molecule has 0 aromatic heterocycles. The average Bonchev–Trinajstić information content (AvgIpc) is 3.30. The zero-order valence-corrected chi connectivity index (χ0v) is 21.4. The maximum absolute atomic E-state index is 13.8. The molecule has 2 N–H and O–H groups in total. The molecule has 2 aromatic rings. The molecule has 2 aliphatic heterocycles. The highest BCUT2D eigenvalue weighted by molar-refractivity contribution is 6.43. The summed E-state index contributed by atoms with van der Waals surface area (Å²) in [4.78, 5) is 53.1. The van der Waals surface area contributed by atoms with Crippen molar-refractivity contribution in [3.63, 3.8) is 0 Å². The summed E-state index contributed by atoms with van der Waals surface area (Å²) in [6, 6.07) is 8.11. The molecule has 0 saturated carbocycles. The van der Waals surface area contributed by atoms with Crippen molar-refractivity contribution in [2.45, 2.75) is 38.8 Å². The molecule has 2 fully saturated rings. The van der Waals surface area contributed by atoms with E-state index < -0.39 is 47.1 Å². The van der Waals surface area contributed by atoms with Crippen LogP contribution in [0.15, 0.2) is 36.4 Å². The van der Waals surface area contributed by atoms with Gasteiger partial charge in [-0.1, -0.05) is 55.1 Å². The van der Waals surface area contributed by atoms with Crippen molar-refractivity contribution in [3.8, 4) is 0 Å². The number of benzene rings is 2. The number of carbonyl (C=O) groups excluding carboxylic acids is 3. The first-order chi connectivity index (χ1) is 16.4. The Labute approximate surface area is 217 Å². The van der Waals surface area contributed by atoms with E-state index in [9.17, 15) is 24.3 Å². The first-order valence-corrected chi connectivity index (χ1v) is 12.2. The fourth-order valence-electron chi connectivity index (χ4n) is 5.29. The van der Waals surface area contributed by atoms with Gasteiger partial charge in [0.2, 0.25) is 11.8 Å². The van der Waals surface area contributed by atoms with Crippen LogP contribution < -0.4 is 10.2 Å². The molecule has 0 aliphatic carbocycles. The number of halogens is 3. The number of nitrogens with zero attached hydrogens (tertiary/aromatic N) is 1. The maximum Gasteiger partial charge on any atom is 0.325 e. The highest BCUT2D eigenvalue weighted by atomic mass is 35.5. The number of hydrogen-bond acceptors (Lipinski definition) is 5. The molecule has 2 amide bonds. The van der Waals surface area contributed by atoms with Crippen molar-refractivity contribution in [2.75, 3.05) is 4.90 Å². The first kappa shape index (κ1) is 25.6. The third-order valence-corrected chi connectivity index (χ3v) is 8.26. The third kappa shape index (κ3) is 3.85. The Morgan fingerprint density at radius 1 is 1.11 bits per heavy atom. The Morgan fingerprint density at radius 3 is 2.29 bits per heavy atom. The predicted octanol–water partition coefficient (Wildman–Crippen LogP) is 5.17. The number of Topliss-reactive ketones (excluding diaryl/α,β-unsaturated/α-hetero) is 1. The van der Waals surface area contributed by atoms with Gasteiger partial charge in [0.1, 0.15) is 5.54 Å². The molecular weight excluding hydrogens is 515 g/mol. The Bertz CT molecular complexity index is 1250. The van der Waals surface area contributed by atoms with E-state index in [2.05, 4.69) is 5.32 Å². The molecule has 2 heterocycles. The van der Waals surface area contributed by atoms with Crippen molar-refractivity contribution in [1.82, 2.24) is 5.32 Å². The summed E-state index contributed by atoms with van der Waals surface area (Å²) in [5.74, 6) is -5.36. The monoisotopic (exact) mass is 536 g/mol. The summed E-state index contributed by atoms with van der Waals surface area (Å²) in [6.07, 6.45) is 0.439. The molecule has 5 unspecified atom stereocenters. The van der Waals surface area contributed by atoms with Crippen LogP contribution in [-0.2, 0) is 14.4 Å². The standard InChI is InChI=1S/C25H23Cl3N2O5/c1-4-11(2)25(24(34)35)19-18(21(29-25)16-9-14(26)10-17(27)20(16)28)22(32)30(23(19)33)15-7-5-13(6-8-15)12(3)31/h5-11,18-19,21,29H,4H2,1-3H3,(H,34,35). The predicted molar refractivity (Wildman–Crippen MR) is 133 cm³/mol. The Kier molecular flexibility index (Phi) is 6.74. The van der Waals surface area contributed by atoms with E-state index in [-0.39, 0.29) is 26.5 Å². The van der Waals surface area contributed by atoms with E-state index in [1.54, 1.807) is 6.92 Å². The Morgan fingerprint density at radius 2 is 1.74 bits per heavy atom. The minimum Gasteiger partial charge on any atom is -0.480 e. The van der Waals surface area contributed by atoms with Crippen LogP contribution in [0.25, 0.3) is 0 Å². The second-order valence-electron chi connectivity index (χ2n) is 9.01. The number of carboxylic acid groups (broad SMARTS) is 1. The van der Waals surface area contributed by atoms with Crippen LogP contribution in [0.3, 0.4) is 0 Å². The second kappa shape index (κ2) is 9.21. The molecule has 2 aromatic carbocycles. The minimum absolute atomic E-state index is 0.127.